The number of amides is 1. The molecule has 0 aliphatic heterocycles. The lowest BCUT2D eigenvalue weighted by Crippen LogP contribution is -2.13. The molecule has 3 aromatic rings. The fourth-order valence-corrected chi connectivity index (χ4v) is 4.07. The summed E-state index contributed by atoms with van der Waals surface area (Å²) in [6, 6.07) is 13.8. The van der Waals surface area contributed by atoms with Gasteiger partial charge in [-0.3, -0.25) is 10.1 Å². The van der Waals surface area contributed by atoms with E-state index < -0.39 is 15.1 Å². The second-order valence-corrected chi connectivity index (χ2v) is 9.99. The van der Waals surface area contributed by atoms with E-state index in [1.54, 1.807) is 62.0 Å². The number of hydrogen-bond acceptors (Lipinski definition) is 7. The van der Waals surface area contributed by atoms with Crippen LogP contribution >= 0.6 is 11.8 Å². The largest absolute Gasteiger partial charge is 0.407 e. The molecule has 0 fully saturated rings. The third kappa shape index (κ3) is 5.04. The van der Waals surface area contributed by atoms with Crippen LogP contribution in [0.4, 0.5) is 6.01 Å². The van der Waals surface area contributed by atoms with Crippen LogP contribution in [0.3, 0.4) is 0 Å². The Labute approximate surface area is 173 Å². The summed E-state index contributed by atoms with van der Waals surface area (Å²) in [6.45, 7) is 3.30. The predicted octanol–water partition coefficient (Wildman–Crippen LogP) is 3.82. The van der Waals surface area contributed by atoms with Crippen molar-refractivity contribution in [2.45, 2.75) is 35.3 Å². The molecule has 0 bridgehead atoms. The normalized spacial score (nSPS) is 11.6. The van der Waals surface area contributed by atoms with Crippen molar-refractivity contribution in [2.24, 2.45) is 0 Å². The van der Waals surface area contributed by atoms with Crippen LogP contribution in [0, 0.1) is 0 Å². The van der Waals surface area contributed by atoms with E-state index in [1.807, 2.05) is 18.4 Å². The molecule has 7 nitrogen and oxygen atoms in total. The van der Waals surface area contributed by atoms with E-state index in [1.165, 1.54) is 0 Å². The second kappa shape index (κ2) is 8.79. The van der Waals surface area contributed by atoms with E-state index >= 15 is 0 Å². The molecule has 2 aromatic carbocycles. The molecule has 0 saturated heterocycles. The summed E-state index contributed by atoms with van der Waals surface area (Å²) in [7, 11) is -3.31. The van der Waals surface area contributed by atoms with E-state index in [2.05, 4.69) is 15.5 Å². The van der Waals surface area contributed by atoms with Crippen molar-refractivity contribution in [1.82, 2.24) is 10.2 Å². The Morgan fingerprint density at radius 2 is 1.86 bits per heavy atom. The summed E-state index contributed by atoms with van der Waals surface area (Å²) in [6.07, 6.45) is 2.26. The second-order valence-electron chi connectivity index (χ2n) is 6.60. The van der Waals surface area contributed by atoms with Gasteiger partial charge in [-0.25, -0.2) is 8.42 Å². The molecule has 0 saturated carbocycles. The lowest BCUT2D eigenvalue weighted by atomic mass is 10.1. The van der Waals surface area contributed by atoms with Crippen LogP contribution in [-0.4, -0.2) is 36.0 Å². The van der Waals surface area contributed by atoms with E-state index in [4.69, 9.17) is 4.42 Å². The monoisotopic (exact) mass is 431 g/mol. The topological polar surface area (TPSA) is 102 Å². The van der Waals surface area contributed by atoms with Gasteiger partial charge in [0.25, 0.3) is 5.91 Å². The fraction of sp³-hybridized carbons (Fsp3) is 0.250. The van der Waals surface area contributed by atoms with Crippen molar-refractivity contribution in [2.75, 3.05) is 11.6 Å². The van der Waals surface area contributed by atoms with Gasteiger partial charge in [0.1, 0.15) is 0 Å². The molecule has 0 radical (unpaired) electrons. The van der Waals surface area contributed by atoms with Crippen molar-refractivity contribution >= 4 is 33.5 Å². The third-order valence-electron chi connectivity index (χ3n) is 4.25. The Bertz CT molecular complexity index is 1110. The van der Waals surface area contributed by atoms with Crippen molar-refractivity contribution < 1.29 is 17.6 Å². The number of hydrogen-bond donors (Lipinski definition) is 1. The van der Waals surface area contributed by atoms with Crippen LogP contribution in [-0.2, 0) is 16.3 Å². The van der Waals surface area contributed by atoms with Gasteiger partial charge in [0.2, 0.25) is 5.89 Å². The van der Waals surface area contributed by atoms with Crippen LogP contribution in [0.5, 0.6) is 0 Å². The molecule has 1 aromatic heterocycles. The minimum Gasteiger partial charge on any atom is -0.407 e. The van der Waals surface area contributed by atoms with Gasteiger partial charge < -0.3 is 4.42 Å². The van der Waals surface area contributed by atoms with E-state index in [9.17, 15) is 13.2 Å². The highest BCUT2D eigenvalue weighted by atomic mass is 32.2. The highest BCUT2D eigenvalue weighted by Gasteiger charge is 2.19. The maximum Gasteiger partial charge on any atom is 0.322 e. The van der Waals surface area contributed by atoms with E-state index in [0.29, 0.717) is 17.9 Å². The van der Waals surface area contributed by atoms with Gasteiger partial charge in [0.05, 0.1) is 16.6 Å². The quantitative estimate of drug-likeness (QED) is 0.567. The maximum atomic E-state index is 12.3. The van der Waals surface area contributed by atoms with Crippen LogP contribution in [0.25, 0.3) is 0 Å². The molecule has 0 unspecified atom stereocenters. The molecule has 3 rings (SSSR count). The number of sulfone groups is 1. The number of nitrogens with one attached hydrogen (secondary N) is 1. The van der Waals surface area contributed by atoms with Crippen LogP contribution in [0.2, 0.25) is 0 Å². The zero-order chi connectivity index (χ0) is 21.0. The number of carbonyl (C=O) groups is 1. The Morgan fingerprint density at radius 1 is 1.14 bits per heavy atom. The summed E-state index contributed by atoms with van der Waals surface area (Å²) in [4.78, 5) is 13.6. The minimum atomic E-state index is -3.31. The molecule has 0 aliphatic carbocycles. The first-order chi connectivity index (χ1) is 13.8. The van der Waals surface area contributed by atoms with Crippen molar-refractivity contribution in [3.63, 3.8) is 0 Å². The predicted molar refractivity (Wildman–Crippen MR) is 112 cm³/mol. The lowest BCUT2D eigenvalue weighted by molar-refractivity contribution is 0.102. The van der Waals surface area contributed by atoms with Crippen molar-refractivity contribution in [3.05, 3.63) is 65.5 Å². The molecular weight excluding hydrogens is 410 g/mol. The first-order valence-electron chi connectivity index (χ1n) is 8.90. The van der Waals surface area contributed by atoms with Crippen LogP contribution < -0.4 is 5.32 Å². The molecule has 0 spiro atoms. The summed E-state index contributed by atoms with van der Waals surface area (Å²) in [5.41, 5.74) is 1.32. The molecular formula is C20H21N3O4S2. The first kappa shape index (κ1) is 21.1. The summed E-state index contributed by atoms with van der Waals surface area (Å²) in [5, 5.41) is 9.90. The summed E-state index contributed by atoms with van der Waals surface area (Å²) >= 11 is 1.55. The first-order valence-corrected chi connectivity index (χ1v) is 11.7. The van der Waals surface area contributed by atoms with Gasteiger partial charge in [-0.1, -0.05) is 23.3 Å². The number of thioether (sulfide) groups is 1. The highest BCUT2D eigenvalue weighted by Crippen LogP contribution is 2.19. The van der Waals surface area contributed by atoms with Gasteiger partial charge in [-0.05, 0) is 56.0 Å². The Hall–Kier alpha value is -2.65. The molecule has 152 valence electrons. The summed E-state index contributed by atoms with van der Waals surface area (Å²) < 4.78 is 29.9. The molecule has 9 heteroatoms. The number of rotatable bonds is 7. The number of aromatic nitrogens is 2. The molecule has 1 heterocycles. The molecule has 1 N–H and O–H groups in total. The molecule has 29 heavy (non-hydrogen) atoms. The van der Waals surface area contributed by atoms with Gasteiger partial charge in [-0.2, -0.15) is 0 Å². The van der Waals surface area contributed by atoms with Gasteiger partial charge >= 0.3 is 6.01 Å². The van der Waals surface area contributed by atoms with E-state index in [-0.39, 0.29) is 16.8 Å². The van der Waals surface area contributed by atoms with E-state index in [0.717, 1.165) is 10.5 Å². The maximum absolute atomic E-state index is 12.3. The van der Waals surface area contributed by atoms with Crippen LogP contribution in [0.15, 0.2) is 62.7 Å². The number of anilines is 1. The number of nitrogens with zero attached hydrogens (tertiary/aromatic N) is 2. The Morgan fingerprint density at radius 3 is 2.52 bits per heavy atom. The summed E-state index contributed by atoms with van der Waals surface area (Å²) in [5.74, 6) is -0.0167. The average molecular weight is 432 g/mol. The van der Waals surface area contributed by atoms with Crippen molar-refractivity contribution in [1.29, 1.82) is 0 Å². The van der Waals surface area contributed by atoms with Crippen LogP contribution in [0.1, 0.15) is 35.7 Å². The zero-order valence-electron chi connectivity index (χ0n) is 16.2. The molecule has 0 atom stereocenters. The molecule has 1 amide bonds. The third-order valence-corrected chi connectivity index (χ3v) is 7.14. The smallest absolute Gasteiger partial charge is 0.322 e. The fourth-order valence-electron chi connectivity index (χ4n) is 2.55. The van der Waals surface area contributed by atoms with Gasteiger partial charge in [-0.15, -0.1) is 16.9 Å². The SMILES string of the molecule is CSc1cccc(C(=O)Nc2nnc(Cc3ccc(S(=O)(=O)C(C)C)cc3)o2)c1. The van der Waals surface area contributed by atoms with Gasteiger partial charge in [0.15, 0.2) is 9.84 Å². The average Bonchev–Trinajstić information content (AvgIpc) is 3.15. The Balaban J connectivity index is 1.66. The Kier molecular flexibility index (Phi) is 6.39. The zero-order valence-corrected chi connectivity index (χ0v) is 17.9. The number of carbonyl (C=O) groups excluding carboxylic acids is 1. The minimum absolute atomic E-state index is 0.0126. The van der Waals surface area contributed by atoms with Gasteiger partial charge in [0, 0.05) is 10.5 Å². The lowest BCUT2D eigenvalue weighted by Gasteiger charge is -2.08. The number of benzene rings is 2. The van der Waals surface area contributed by atoms with Crippen molar-refractivity contribution in [3.8, 4) is 0 Å². The molecule has 0 aliphatic rings. The standard InChI is InChI=1S/C20H21N3O4S2/c1-13(2)29(25,26)17-9-7-14(8-10-17)11-18-22-23-20(27-18)21-19(24)15-5-4-6-16(12-15)28-3/h4-10,12-13H,11H2,1-3H3,(H,21,23,24). The highest BCUT2D eigenvalue weighted by molar-refractivity contribution is 7.98.